The molecule has 1 aromatic rings. The predicted molar refractivity (Wildman–Crippen MR) is 84.6 cm³/mol. The Labute approximate surface area is 129 Å². The molecule has 6 heteroatoms. The Morgan fingerprint density at radius 3 is 2.62 bits per heavy atom. The lowest BCUT2D eigenvalue weighted by Crippen LogP contribution is -2.50. The van der Waals surface area contributed by atoms with Crippen LogP contribution in [-0.4, -0.2) is 17.0 Å². The molecule has 0 saturated heterocycles. The smallest absolute Gasteiger partial charge is 0.234 e. The van der Waals surface area contributed by atoms with Crippen molar-refractivity contribution >= 4 is 23.1 Å². The fraction of sp³-hybridized carbons (Fsp3) is 0.600. The average molecular weight is 309 g/mol. The van der Waals surface area contributed by atoms with E-state index in [9.17, 15) is 4.79 Å². The highest BCUT2D eigenvalue weighted by atomic mass is 32.1. The summed E-state index contributed by atoms with van der Waals surface area (Å²) in [5.74, 6) is -0.0838. The van der Waals surface area contributed by atoms with Gasteiger partial charge in [0, 0.05) is 9.75 Å². The second kappa shape index (κ2) is 6.47. The molecule has 1 fully saturated rings. The van der Waals surface area contributed by atoms with Gasteiger partial charge in [0.1, 0.15) is 5.41 Å². The summed E-state index contributed by atoms with van der Waals surface area (Å²) >= 11 is 1.69. The van der Waals surface area contributed by atoms with E-state index < -0.39 is 5.41 Å². The summed E-state index contributed by atoms with van der Waals surface area (Å²) in [5.41, 5.74) is 6.23. The van der Waals surface area contributed by atoms with E-state index in [1.54, 1.807) is 11.3 Å². The minimum atomic E-state index is -0.839. The summed E-state index contributed by atoms with van der Waals surface area (Å²) in [6, 6.07) is 2.09. The van der Waals surface area contributed by atoms with E-state index in [2.05, 4.69) is 30.4 Å². The normalized spacial score (nSPS) is 18.5. The molecule has 116 valence electrons. The van der Waals surface area contributed by atoms with Crippen molar-refractivity contribution < 1.29 is 10.0 Å². The van der Waals surface area contributed by atoms with Crippen LogP contribution in [-0.2, 0) is 11.3 Å². The molecule has 0 atom stereocenters. The zero-order valence-corrected chi connectivity index (χ0v) is 13.4. The molecule has 0 unspecified atom stereocenters. The number of nitrogens with two attached hydrogens (primary N) is 1. The molecule has 4 N–H and O–H groups in total. The van der Waals surface area contributed by atoms with E-state index in [0.29, 0.717) is 19.4 Å². The van der Waals surface area contributed by atoms with Crippen molar-refractivity contribution in [3.8, 4) is 0 Å². The second-order valence-corrected chi connectivity index (χ2v) is 7.10. The fourth-order valence-electron chi connectivity index (χ4n) is 2.92. The second-order valence-electron chi connectivity index (χ2n) is 5.76. The monoisotopic (exact) mass is 309 g/mol. The van der Waals surface area contributed by atoms with E-state index in [4.69, 9.17) is 10.9 Å². The van der Waals surface area contributed by atoms with Crippen LogP contribution in [0.2, 0.25) is 0 Å². The molecular formula is C15H23N3O2S. The molecule has 1 aliphatic rings. The molecular weight excluding hydrogens is 286 g/mol. The predicted octanol–water partition coefficient (Wildman–Crippen LogP) is 2.68. The van der Waals surface area contributed by atoms with Gasteiger partial charge in [-0.05, 0) is 38.3 Å². The van der Waals surface area contributed by atoms with Gasteiger partial charge >= 0.3 is 0 Å². The largest absolute Gasteiger partial charge is 0.409 e. The molecule has 2 rings (SSSR count). The third kappa shape index (κ3) is 3.20. The quantitative estimate of drug-likeness (QED) is 0.346. The fourth-order valence-corrected chi connectivity index (χ4v) is 3.92. The minimum Gasteiger partial charge on any atom is -0.409 e. The standard InChI is InChI=1S/C15H23N3O2S/c1-10-8-12(21-11(10)2)9-17-14(19)15(13(16)18-20)6-4-3-5-7-15/h8,20H,3-7,9H2,1-2H3,(H2,16,18)(H,17,19). The first-order valence-electron chi connectivity index (χ1n) is 7.32. The summed E-state index contributed by atoms with van der Waals surface area (Å²) in [7, 11) is 0. The highest BCUT2D eigenvalue weighted by molar-refractivity contribution is 7.12. The van der Waals surface area contributed by atoms with Crippen molar-refractivity contribution in [2.24, 2.45) is 16.3 Å². The van der Waals surface area contributed by atoms with E-state index in [-0.39, 0.29) is 11.7 Å². The van der Waals surface area contributed by atoms with Gasteiger partial charge < -0.3 is 16.3 Å². The summed E-state index contributed by atoms with van der Waals surface area (Å²) in [6.07, 6.45) is 4.26. The molecule has 21 heavy (non-hydrogen) atoms. The number of hydrogen-bond acceptors (Lipinski definition) is 4. The van der Waals surface area contributed by atoms with Crippen LogP contribution in [0.25, 0.3) is 0 Å². The Morgan fingerprint density at radius 1 is 1.43 bits per heavy atom. The van der Waals surface area contributed by atoms with Crippen LogP contribution in [0.3, 0.4) is 0 Å². The van der Waals surface area contributed by atoms with Gasteiger partial charge in [0.2, 0.25) is 5.91 Å². The first-order chi connectivity index (χ1) is 9.99. The first kappa shape index (κ1) is 15.8. The lowest BCUT2D eigenvalue weighted by Gasteiger charge is -2.34. The summed E-state index contributed by atoms with van der Waals surface area (Å²) in [6.45, 7) is 4.64. The molecule has 0 spiro atoms. The zero-order chi connectivity index (χ0) is 15.5. The van der Waals surface area contributed by atoms with Crippen molar-refractivity contribution in [1.82, 2.24) is 5.32 Å². The Bertz CT molecular complexity index is 526. The molecule has 1 amide bonds. The summed E-state index contributed by atoms with van der Waals surface area (Å²) < 4.78 is 0. The molecule has 0 aliphatic heterocycles. The topological polar surface area (TPSA) is 87.7 Å². The van der Waals surface area contributed by atoms with Gasteiger partial charge in [-0.1, -0.05) is 24.4 Å². The lowest BCUT2D eigenvalue weighted by molar-refractivity contribution is -0.129. The van der Waals surface area contributed by atoms with Crippen LogP contribution in [0, 0.1) is 19.3 Å². The van der Waals surface area contributed by atoms with Gasteiger partial charge in [0.25, 0.3) is 0 Å². The molecule has 0 aromatic carbocycles. The maximum Gasteiger partial charge on any atom is 0.234 e. The van der Waals surface area contributed by atoms with Crippen LogP contribution < -0.4 is 11.1 Å². The zero-order valence-electron chi connectivity index (χ0n) is 12.6. The average Bonchev–Trinajstić information content (AvgIpc) is 2.83. The number of nitrogens with zero attached hydrogens (tertiary/aromatic N) is 1. The van der Waals surface area contributed by atoms with E-state index >= 15 is 0 Å². The molecule has 1 aromatic heterocycles. The highest BCUT2D eigenvalue weighted by Crippen LogP contribution is 2.37. The van der Waals surface area contributed by atoms with Gasteiger partial charge in [-0.2, -0.15) is 0 Å². The molecule has 1 aliphatic carbocycles. The number of hydrogen-bond donors (Lipinski definition) is 3. The van der Waals surface area contributed by atoms with Gasteiger partial charge in [0.05, 0.1) is 6.54 Å². The Morgan fingerprint density at radius 2 is 2.10 bits per heavy atom. The molecule has 5 nitrogen and oxygen atoms in total. The Kier molecular flexibility index (Phi) is 4.88. The lowest BCUT2D eigenvalue weighted by atomic mass is 9.72. The Balaban J connectivity index is 2.08. The van der Waals surface area contributed by atoms with Crippen molar-refractivity contribution in [3.63, 3.8) is 0 Å². The number of amidine groups is 1. The van der Waals surface area contributed by atoms with Crippen LogP contribution in [0.1, 0.15) is 47.4 Å². The van der Waals surface area contributed by atoms with Crippen molar-refractivity contribution in [1.29, 1.82) is 0 Å². The molecule has 0 bridgehead atoms. The number of carbonyl (C=O) groups is 1. The van der Waals surface area contributed by atoms with Crippen molar-refractivity contribution in [2.45, 2.75) is 52.5 Å². The number of nitrogens with one attached hydrogen (secondary N) is 1. The number of aryl methyl sites for hydroxylation is 2. The number of rotatable bonds is 4. The van der Waals surface area contributed by atoms with Crippen LogP contribution in [0.5, 0.6) is 0 Å². The number of thiophene rings is 1. The third-order valence-corrected chi connectivity index (χ3v) is 5.53. The van der Waals surface area contributed by atoms with E-state index in [1.807, 2.05) is 0 Å². The molecule has 1 heterocycles. The van der Waals surface area contributed by atoms with Crippen LogP contribution in [0.15, 0.2) is 11.2 Å². The minimum absolute atomic E-state index is 0.0400. The van der Waals surface area contributed by atoms with Crippen molar-refractivity contribution in [3.05, 3.63) is 21.4 Å². The van der Waals surface area contributed by atoms with Gasteiger partial charge in [-0.3, -0.25) is 4.79 Å². The van der Waals surface area contributed by atoms with Gasteiger partial charge in [0.15, 0.2) is 5.84 Å². The molecule has 1 saturated carbocycles. The van der Waals surface area contributed by atoms with Gasteiger partial charge in [-0.15, -0.1) is 11.3 Å². The highest BCUT2D eigenvalue weighted by Gasteiger charge is 2.43. The number of oxime groups is 1. The van der Waals surface area contributed by atoms with Crippen LogP contribution in [0.4, 0.5) is 0 Å². The van der Waals surface area contributed by atoms with E-state index in [0.717, 1.165) is 24.1 Å². The maximum atomic E-state index is 12.6. The summed E-state index contributed by atoms with van der Waals surface area (Å²) in [4.78, 5) is 15.0. The van der Waals surface area contributed by atoms with E-state index in [1.165, 1.54) is 10.4 Å². The van der Waals surface area contributed by atoms with Crippen molar-refractivity contribution in [2.75, 3.05) is 0 Å². The molecule has 0 radical (unpaired) electrons. The number of carbonyl (C=O) groups excluding carboxylic acids is 1. The third-order valence-electron chi connectivity index (χ3n) is 4.38. The van der Waals surface area contributed by atoms with Gasteiger partial charge in [-0.25, -0.2) is 0 Å². The first-order valence-corrected chi connectivity index (χ1v) is 8.13. The number of amides is 1. The summed E-state index contributed by atoms with van der Waals surface area (Å²) in [5, 5.41) is 15.1. The maximum absolute atomic E-state index is 12.6. The SMILES string of the molecule is Cc1cc(CNC(=O)C2(C(N)=NO)CCCCC2)sc1C. The Hall–Kier alpha value is -1.56. The van der Waals surface area contributed by atoms with Crippen LogP contribution >= 0.6 is 11.3 Å².